The fraction of sp³-hybridized carbons (Fsp3) is 0.588. The van der Waals surface area contributed by atoms with Crippen LogP contribution in [0, 0.1) is 5.82 Å². The molecule has 2 heterocycles. The highest BCUT2D eigenvalue weighted by atomic mass is 19.1. The van der Waals surface area contributed by atoms with Gasteiger partial charge in [0.15, 0.2) is 5.82 Å². The highest BCUT2D eigenvalue weighted by molar-refractivity contribution is 5.77. The number of nitrogens with one attached hydrogen (secondary N) is 1. The molecule has 3 nitrogen and oxygen atoms in total. The van der Waals surface area contributed by atoms with Crippen molar-refractivity contribution in [2.24, 2.45) is 0 Å². The van der Waals surface area contributed by atoms with E-state index >= 15 is 0 Å². The van der Waals surface area contributed by atoms with E-state index in [1.165, 1.54) is 25.3 Å². The largest absolute Gasteiger partial charge is 0.324 e. The van der Waals surface area contributed by atoms with Crippen LogP contribution in [-0.2, 0) is 5.41 Å². The molecule has 1 aromatic heterocycles. The van der Waals surface area contributed by atoms with E-state index in [1.54, 1.807) is 6.07 Å². The molecule has 1 saturated heterocycles. The second-order valence-electron chi connectivity index (χ2n) is 6.56. The Kier molecular flexibility index (Phi) is 3.03. The van der Waals surface area contributed by atoms with Gasteiger partial charge in [-0.3, -0.25) is 0 Å². The zero-order valence-electron chi connectivity index (χ0n) is 12.5. The molecule has 1 aromatic carbocycles. The van der Waals surface area contributed by atoms with Crippen LogP contribution < -0.4 is 5.32 Å². The molecule has 0 radical (unpaired) electrons. The second-order valence-corrected chi connectivity index (χ2v) is 6.56. The lowest BCUT2D eigenvalue weighted by atomic mass is 9.77. The van der Waals surface area contributed by atoms with Gasteiger partial charge in [0.05, 0.1) is 5.52 Å². The fourth-order valence-corrected chi connectivity index (χ4v) is 3.78. The number of para-hydroxylation sites is 1. The third-order valence-corrected chi connectivity index (χ3v) is 5.21. The number of piperidine rings is 1. The van der Waals surface area contributed by atoms with Crippen molar-refractivity contribution in [3.8, 4) is 0 Å². The van der Waals surface area contributed by atoms with Crippen LogP contribution in [0.1, 0.15) is 50.9 Å². The van der Waals surface area contributed by atoms with Crippen molar-refractivity contribution < 1.29 is 4.39 Å². The van der Waals surface area contributed by atoms with Gasteiger partial charge < -0.3 is 9.88 Å². The van der Waals surface area contributed by atoms with Crippen LogP contribution >= 0.6 is 0 Å². The Hall–Kier alpha value is -1.42. The summed E-state index contributed by atoms with van der Waals surface area (Å²) in [6.07, 6.45) is 5.76. The van der Waals surface area contributed by atoms with Gasteiger partial charge >= 0.3 is 0 Å². The van der Waals surface area contributed by atoms with Crippen molar-refractivity contribution in [1.82, 2.24) is 14.9 Å². The summed E-state index contributed by atoms with van der Waals surface area (Å²) < 4.78 is 16.5. The van der Waals surface area contributed by atoms with Crippen LogP contribution in [0.4, 0.5) is 4.39 Å². The topological polar surface area (TPSA) is 29.9 Å². The summed E-state index contributed by atoms with van der Waals surface area (Å²) in [6, 6.07) is 5.87. The number of rotatable bonds is 3. The maximum atomic E-state index is 14.2. The van der Waals surface area contributed by atoms with E-state index in [2.05, 4.69) is 16.8 Å². The Bertz CT molecular complexity index is 666. The molecule has 21 heavy (non-hydrogen) atoms. The van der Waals surface area contributed by atoms with Crippen molar-refractivity contribution in [3.63, 3.8) is 0 Å². The SMILES string of the molecule is CCC1(c2nc3c(F)cccc3n2C2CC2)CCCNC1. The Morgan fingerprint density at radius 3 is 2.95 bits per heavy atom. The molecule has 1 unspecified atom stereocenters. The lowest BCUT2D eigenvalue weighted by molar-refractivity contribution is 0.279. The van der Waals surface area contributed by atoms with Gasteiger partial charge in [-0.15, -0.1) is 0 Å². The van der Waals surface area contributed by atoms with Crippen molar-refractivity contribution in [3.05, 3.63) is 29.8 Å². The Morgan fingerprint density at radius 1 is 1.43 bits per heavy atom. The molecule has 2 aromatic rings. The number of aromatic nitrogens is 2. The summed E-state index contributed by atoms with van der Waals surface area (Å²) in [5.74, 6) is 0.919. The lowest BCUT2D eigenvalue weighted by Crippen LogP contribution is -2.44. The molecule has 1 saturated carbocycles. The summed E-state index contributed by atoms with van der Waals surface area (Å²) in [4.78, 5) is 4.79. The number of fused-ring (bicyclic) bond motifs is 1. The molecule has 1 atom stereocenters. The maximum absolute atomic E-state index is 14.2. The summed E-state index contributed by atoms with van der Waals surface area (Å²) >= 11 is 0. The van der Waals surface area contributed by atoms with Crippen LogP contribution in [0.2, 0.25) is 0 Å². The van der Waals surface area contributed by atoms with Gasteiger partial charge in [-0.2, -0.15) is 0 Å². The first-order valence-corrected chi connectivity index (χ1v) is 8.13. The van der Waals surface area contributed by atoms with Gasteiger partial charge in [0.25, 0.3) is 0 Å². The first kappa shape index (κ1) is 13.3. The summed E-state index contributed by atoms with van der Waals surface area (Å²) in [7, 11) is 0. The van der Waals surface area contributed by atoms with Crippen LogP contribution in [0.3, 0.4) is 0 Å². The summed E-state index contributed by atoms with van der Waals surface area (Å²) in [5.41, 5.74) is 1.59. The molecule has 2 fully saturated rings. The van der Waals surface area contributed by atoms with E-state index < -0.39 is 0 Å². The van der Waals surface area contributed by atoms with Crippen LogP contribution in [0.15, 0.2) is 18.2 Å². The average molecular weight is 287 g/mol. The van der Waals surface area contributed by atoms with Crippen molar-refractivity contribution >= 4 is 11.0 Å². The van der Waals surface area contributed by atoms with Gasteiger partial charge in [-0.05, 0) is 50.8 Å². The predicted octanol–water partition coefficient (Wildman–Crippen LogP) is 3.54. The Balaban J connectivity index is 1.94. The fourth-order valence-electron chi connectivity index (χ4n) is 3.78. The molecule has 4 heteroatoms. The highest BCUT2D eigenvalue weighted by Crippen LogP contribution is 2.44. The predicted molar refractivity (Wildman–Crippen MR) is 82.0 cm³/mol. The molecule has 0 spiro atoms. The Morgan fingerprint density at radius 2 is 2.29 bits per heavy atom. The van der Waals surface area contributed by atoms with Crippen LogP contribution in [0.5, 0.6) is 0 Å². The third-order valence-electron chi connectivity index (χ3n) is 5.21. The quantitative estimate of drug-likeness (QED) is 0.935. The number of nitrogens with zero attached hydrogens (tertiary/aromatic N) is 2. The van der Waals surface area contributed by atoms with Crippen molar-refractivity contribution in [1.29, 1.82) is 0 Å². The van der Waals surface area contributed by atoms with Gasteiger partial charge in [-0.25, -0.2) is 9.37 Å². The van der Waals surface area contributed by atoms with E-state index in [9.17, 15) is 4.39 Å². The molecular formula is C17H22FN3. The van der Waals surface area contributed by atoms with Crippen LogP contribution in [0.25, 0.3) is 11.0 Å². The monoisotopic (exact) mass is 287 g/mol. The van der Waals surface area contributed by atoms with Crippen molar-refractivity contribution in [2.75, 3.05) is 13.1 Å². The van der Waals surface area contributed by atoms with Gasteiger partial charge in [-0.1, -0.05) is 13.0 Å². The van der Waals surface area contributed by atoms with Gasteiger partial charge in [0, 0.05) is 18.0 Å². The van der Waals surface area contributed by atoms with Gasteiger partial charge in [0.1, 0.15) is 11.3 Å². The number of hydrogen-bond donors (Lipinski definition) is 1. The van der Waals surface area contributed by atoms with E-state index in [4.69, 9.17) is 4.98 Å². The minimum Gasteiger partial charge on any atom is -0.324 e. The summed E-state index contributed by atoms with van der Waals surface area (Å²) in [5, 5.41) is 3.52. The molecule has 4 rings (SSSR count). The van der Waals surface area contributed by atoms with E-state index in [0.29, 0.717) is 11.6 Å². The second kappa shape index (κ2) is 4.80. The zero-order chi connectivity index (χ0) is 14.4. The molecule has 1 aliphatic heterocycles. The summed E-state index contributed by atoms with van der Waals surface area (Å²) in [6.45, 7) is 4.28. The number of hydrogen-bond acceptors (Lipinski definition) is 2. The normalized spacial score (nSPS) is 26.4. The van der Waals surface area contributed by atoms with Gasteiger partial charge in [0.2, 0.25) is 0 Å². The smallest absolute Gasteiger partial charge is 0.151 e. The van der Waals surface area contributed by atoms with Crippen LogP contribution in [-0.4, -0.2) is 22.6 Å². The van der Waals surface area contributed by atoms with E-state index in [-0.39, 0.29) is 11.2 Å². The molecular weight excluding hydrogens is 265 g/mol. The molecule has 112 valence electrons. The zero-order valence-corrected chi connectivity index (χ0v) is 12.5. The lowest BCUT2D eigenvalue weighted by Gasteiger charge is -2.36. The minimum absolute atomic E-state index is 0.0618. The third kappa shape index (κ3) is 2.00. The van der Waals surface area contributed by atoms with E-state index in [1.807, 2.05) is 6.07 Å². The molecule has 0 amide bonds. The first-order valence-electron chi connectivity index (χ1n) is 8.13. The minimum atomic E-state index is -0.192. The maximum Gasteiger partial charge on any atom is 0.151 e. The number of halogens is 1. The van der Waals surface area contributed by atoms with E-state index in [0.717, 1.165) is 37.3 Å². The average Bonchev–Trinajstić information content (AvgIpc) is 3.28. The standard InChI is InChI=1S/C17H22FN3/c1-2-17(9-4-10-19-11-17)16-20-15-13(18)5-3-6-14(15)21(16)12-7-8-12/h3,5-6,12,19H,2,4,7-11H2,1H3. The molecule has 2 aliphatic rings. The first-order chi connectivity index (χ1) is 10.2. The molecule has 0 bridgehead atoms. The van der Waals surface area contributed by atoms with Crippen molar-refractivity contribution in [2.45, 2.75) is 50.5 Å². The number of benzene rings is 1. The Labute approximate surface area is 124 Å². The molecule has 1 N–H and O–H groups in total. The number of imidazole rings is 1. The highest BCUT2D eigenvalue weighted by Gasteiger charge is 2.40. The molecule has 1 aliphatic carbocycles.